The molecule has 2 aliphatic rings. The largest absolute Gasteiger partial charge is 0.381 e. The summed E-state index contributed by atoms with van der Waals surface area (Å²) >= 11 is 0. The molecule has 2 atom stereocenters. The molecule has 0 aromatic carbocycles. The normalized spacial score (nSPS) is 31.5. The summed E-state index contributed by atoms with van der Waals surface area (Å²) in [5.74, 6) is 0.893. The summed E-state index contributed by atoms with van der Waals surface area (Å²) in [6.07, 6.45) is 3.34. The van der Waals surface area contributed by atoms with Gasteiger partial charge in [0.2, 0.25) is 5.91 Å². The van der Waals surface area contributed by atoms with Crippen molar-refractivity contribution in [3.8, 4) is 0 Å². The molecule has 4 nitrogen and oxygen atoms in total. The number of carbonyl (C=O) groups is 1. The molecule has 2 saturated heterocycles. The van der Waals surface area contributed by atoms with Gasteiger partial charge in [0.1, 0.15) is 0 Å². The van der Waals surface area contributed by atoms with E-state index in [-0.39, 0.29) is 11.8 Å². The first-order valence-corrected chi connectivity index (χ1v) is 5.92. The van der Waals surface area contributed by atoms with E-state index in [1.165, 1.54) is 12.8 Å². The SMILES string of the molecule is O=C(NCC1CCCNC1)C1CCOC1. The smallest absolute Gasteiger partial charge is 0.225 e. The van der Waals surface area contributed by atoms with E-state index in [2.05, 4.69) is 10.6 Å². The minimum absolute atomic E-state index is 0.0987. The van der Waals surface area contributed by atoms with Crippen LogP contribution >= 0.6 is 0 Å². The zero-order chi connectivity index (χ0) is 10.5. The first-order valence-electron chi connectivity index (χ1n) is 5.92. The Bertz CT molecular complexity index is 209. The van der Waals surface area contributed by atoms with Crippen molar-refractivity contribution in [2.75, 3.05) is 32.8 Å². The summed E-state index contributed by atoms with van der Waals surface area (Å²) < 4.78 is 5.20. The predicted octanol–water partition coefficient (Wildman–Crippen LogP) is 0.139. The standard InChI is InChI=1S/C11H20N2O2/c14-11(10-3-5-15-8-10)13-7-9-2-1-4-12-6-9/h9-10,12H,1-8H2,(H,13,14). The Balaban J connectivity index is 1.65. The zero-order valence-electron chi connectivity index (χ0n) is 9.13. The number of hydrogen-bond donors (Lipinski definition) is 2. The molecule has 0 spiro atoms. The average Bonchev–Trinajstić information content (AvgIpc) is 2.81. The number of amides is 1. The first-order chi connectivity index (χ1) is 7.36. The molecule has 0 saturated carbocycles. The molecule has 86 valence electrons. The van der Waals surface area contributed by atoms with Gasteiger partial charge in [-0.15, -0.1) is 0 Å². The Labute approximate surface area is 90.8 Å². The first kappa shape index (κ1) is 10.9. The molecular weight excluding hydrogens is 192 g/mol. The van der Waals surface area contributed by atoms with Crippen LogP contribution in [0.5, 0.6) is 0 Å². The number of hydrogen-bond acceptors (Lipinski definition) is 3. The highest BCUT2D eigenvalue weighted by molar-refractivity contribution is 5.78. The molecule has 2 heterocycles. The average molecular weight is 212 g/mol. The third-order valence-corrected chi connectivity index (χ3v) is 3.26. The molecule has 2 fully saturated rings. The fourth-order valence-electron chi connectivity index (χ4n) is 2.23. The van der Waals surface area contributed by atoms with Gasteiger partial charge in [-0.05, 0) is 38.3 Å². The molecular formula is C11H20N2O2. The molecule has 2 rings (SSSR count). The Kier molecular flexibility index (Phi) is 3.97. The van der Waals surface area contributed by atoms with Crippen molar-refractivity contribution in [2.24, 2.45) is 11.8 Å². The Morgan fingerprint density at radius 2 is 2.40 bits per heavy atom. The summed E-state index contributed by atoms with van der Waals surface area (Å²) in [6, 6.07) is 0. The van der Waals surface area contributed by atoms with Crippen LogP contribution in [0.4, 0.5) is 0 Å². The van der Waals surface area contributed by atoms with E-state index in [9.17, 15) is 4.79 Å². The number of rotatable bonds is 3. The monoisotopic (exact) mass is 212 g/mol. The number of ether oxygens (including phenoxy) is 1. The van der Waals surface area contributed by atoms with Gasteiger partial charge in [-0.1, -0.05) is 0 Å². The van der Waals surface area contributed by atoms with Crippen molar-refractivity contribution in [1.29, 1.82) is 0 Å². The van der Waals surface area contributed by atoms with Crippen molar-refractivity contribution in [1.82, 2.24) is 10.6 Å². The molecule has 2 N–H and O–H groups in total. The van der Waals surface area contributed by atoms with E-state index in [4.69, 9.17) is 4.74 Å². The summed E-state index contributed by atoms with van der Waals surface area (Å²) in [6.45, 7) is 4.34. The molecule has 0 aromatic heterocycles. The second-order valence-electron chi connectivity index (χ2n) is 4.52. The summed E-state index contributed by atoms with van der Waals surface area (Å²) in [5.41, 5.74) is 0. The highest BCUT2D eigenvalue weighted by atomic mass is 16.5. The van der Waals surface area contributed by atoms with Gasteiger partial charge in [-0.2, -0.15) is 0 Å². The molecule has 0 bridgehead atoms. The van der Waals surface area contributed by atoms with Crippen molar-refractivity contribution in [3.63, 3.8) is 0 Å². The van der Waals surface area contributed by atoms with Crippen LogP contribution in [0.3, 0.4) is 0 Å². The van der Waals surface area contributed by atoms with Crippen LogP contribution in [-0.2, 0) is 9.53 Å². The lowest BCUT2D eigenvalue weighted by molar-refractivity contribution is -0.125. The maximum atomic E-state index is 11.7. The minimum Gasteiger partial charge on any atom is -0.381 e. The fraction of sp³-hybridized carbons (Fsp3) is 0.909. The van der Waals surface area contributed by atoms with Crippen LogP contribution in [0.15, 0.2) is 0 Å². The third kappa shape index (κ3) is 3.18. The van der Waals surface area contributed by atoms with Crippen molar-refractivity contribution in [3.05, 3.63) is 0 Å². The Hall–Kier alpha value is -0.610. The summed E-state index contributed by atoms with van der Waals surface area (Å²) in [5, 5.41) is 6.39. The summed E-state index contributed by atoms with van der Waals surface area (Å²) in [7, 11) is 0. The van der Waals surface area contributed by atoms with E-state index < -0.39 is 0 Å². The maximum absolute atomic E-state index is 11.7. The Morgan fingerprint density at radius 1 is 1.47 bits per heavy atom. The molecule has 4 heteroatoms. The van der Waals surface area contributed by atoms with Gasteiger partial charge in [0.15, 0.2) is 0 Å². The number of piperidine rings is 1. The molecule has 15 heavy (non-hydrogen) atoms. The molecule has 1 amide bonds. The lowest BCUT2D eigenvalue weighted by Crippen LogP contribution is -2.40. The molecule has 2 aliphatic heterocycles. The van der Waals surface area contributed by atoms with Crippen molar-refractivity contribution < 1.29 is 9.53 Å². The number of carbonyl (C=O) groups excluding carboxylic acids is 1. The minimum atomic E-state index is 0.0987. The van der Waals surface area contributed by atoms with Crippen LogP contribution in [-0.4, -0.2) is 38.8 Å². The van der Waals surface area contributed by atoms with Gasteiger partial charge >= 0.3 is 0 Å². The van der Waals surface area contributed by atoms with Gasteiger partial charge in [-0.3, -0.25) is 4.79 Å². The molecule has 2 unspecified atom stereocenters. The second kappa shape index (κ2) is 5.47. The molecule has 0 radical (unpaired) electrons. The summed E-state index contributed by atoms with van der Waals surface area (Å²) in [4.78, 5) is 11.7. The van der Waals surface area contributed by atoms with Crippen molar-refractivity contribution in [2.45, 2.75) is 19.3 Å². The topological polar surface area (TPSA) is 50.4 Å². The van der Waals surface area contributed by atoms with Gasteiger partial charge in [0.05, 0.1) is 12.5 Å². The highest BCUT2D eigenvalue weighted by Gasteiger charge is 2.24. The van der Waals surface area contributed by atoms with Crippen LogP contribution in [0.25, 0.3) is 0 Å². The van der Waals surface area contributed by atoms with Crippen LogP contribution in [0, 0.1) is 11.8 Å². The lowest BCUT2D eigenvalue weighted by atomic mass is 9.99. The molecule has 0 aliphatic carbocycles. The number of nitrogens with one attached hydrogen (secondary N) is 2. The maximum Gasteiger partial charge on any atom is 0.225 e. The van der Waals surface area contributed by atoms with Gasteiger partial charge < -0.3 is 15.4 Å². The van der Waals surface area contributed by atoms with E-state index in [1.54, 1.807) is 0 Å². The van der Waals surface area contributed by atoms with Gasteiger partial charge in [-0.25, -0.2) is 0 Å². The van der Waals surface area contributed by atoms with Gasteiger partial charge in [0.25, 0.3) is 0 Å². The van der Waals surface area contributed by atoms with Crippen molar-refractivity contribution >= 4 is 5.91 Å². The second-order valence-corrected chi connectivity index (χ2v) is 4.52. The van der Waals surface area contributed by atoms with Crippen LogP contribution in [0.1, 0.15) is 19.3 Å². The lowest BCUT2D eigenvalue weighted by Gasteiger charge is -2.23. The van der Waals surface area contributed by atoms with E-state index >= 15 is 0 Å². The van der Waals surface area contributed by atoms with Gasteiger partial charge in [0, 0.05) is 13.2 Å². The van der Waals surface area contributed by atoms with E-state index in [0.717, 1.165) is 32.7 Å². The van der Waals surface area contributed by atoms with Crippen LogP contribution < -0.4 is 10.6 Å². The quantitative estimate of drug-likeness (QED) is 0.699. The molecule has 0 aromatic rings. The zero-order valence-corrected chi connectivity index (χ0v) is 9.13. The highest BCUT2D eigenvalue weighted by Crippen LogP contribution is 2.13. The van der Waals surface area contributed by atoms with Crippen LogP contribution in [0.2, 0.25) is 0 Å². The fourth-order valence-corrected chi connectivity index (χ4v) is 2.23. The predicted molar refractivity (Wildman–Crippen MR) is 57.5 cm³/mol. The van der Waals surface area contributed by atoms with E-state index in [1.807, 2.05) is 0 Å². The van der Waals surface area contributed by atoms with E-state index in [0.29, 0.717) is 12.5 Å². The third-order valence-electron chi connectivity index (χ3n) is 3.26. The Morgan fingerprint density at radius 3 is 3.07 bits per heavy atom.